The van der Waals surface area contributed by atoms with Gasteiger partial charge in [0.2, 0.25) is 0 Å². The number of anilines is 1. The first-order valence-electron chi connectivity index (χ1n) is 9.88. The van der Waals surface area contributed by atoms with E-state index in [1.165, 1.54) is 4.90 Å². The molecule has 0 unspecified atom stereocenters. The summed E-state index contributed by atoms with van der Waals surface area (Å²) in [6, 6.07) is 21.6. The summed E-state index contributed by atoms with van der Waals surface area (Å²) in [4.78, 5) is 27.8. The van der Waals surface area contributed by atoms with Gasteiger partial charge in [-0.3, -0.25) is 14.5 Å². The number of nitrogens with one attached hydrogen (secondary N) is 1. The highest BCUT2D eigenvalue weighted by molar-refractivity contribution is 6.36. The van der Waals surface area contributed by atoms with Crippen LogP contribution in [0.15, 0.2) is 72.4 Å². The largest absolute Gasteiger partial charge is 0.350 e. The van der Waals surface area contributed by atoms with Gasteiger partial charge in [-0.1, -0.05) is 80.1 Å². The molecule has 29 heavy (non-hydrogen) atoms. The monoisotopic (exact) mass is 384 g/mol. The number of hydrogen-bond acceptors (Lipinski definition) is 3. The van der Waals surface area contributed by atoms with Crippen molar-refractivity contribution in [2.45, 2.75) is 20.8 Å². The van der Waals surface area contributed by atoms with E-state index in [9.17, 15) is 9.59 Å². The first-order valence-corrected chi connectivity index (χ1v) is 9.88. The van der Waals surface area contributed by atoms with E-state index in [1.54, 1.807) is 0 Å². The summed E-state index contributed by atoms with van der Waals surface area (Å²) < 4.78 is 0. The average Bonchev–Trinajstić information content (AvgIpc) is 2.93. The molecule has 2 amide bonds. The molecule has 4 heteroatoms. The normalized spacial score (nSPS) is 14.4. The first-order chi connectivity index (χ1) is 14.0. The zero-order valence-corrected chi connectivity index (χ0v) is 16.9. The molecule has 0 radical (unpaired) electrons. The number of nitrogens with zero attached hydrogens (tertiary/aromatic N) is 1. The number of carbonyl (C=O) groups is 2. The average molecular weight is 384 g/mol. The summed E-state index contributed by atoms with van der Waals surface area (Å²) in [5, 5.41) is 5.38. The van der Waals surface area contributed by atoms with Gasteiger partial charge in [-0.15, -0.1) is 0 Å². The SMILES string of the molecule is Cc1ccc(C2=C(Nc3cccc4ccccc34)C(=O)N(CC(C)C)C2=O)cc1. The minimum Gasteiger partial charge on any atom is -0.350 e. The molecule has 0 saturated carbocycles. The van der Waals surface area contributed by atoms with Crippen LogP contribution >= 0.6 is 0 Å². The van der Waals surface area contributed by atoms with Gasteiger partial charge in [0.05, 0.1) is 5.57 Å². The van der Waals surface area contributed by atoms with Crippen LogP contribution in [-0.2, 0) is 9.59 Å². The van der Waals surface area contributed by atoms with E-state index in [2.05, 4.69) is 5.32 Å². The van der Waals surface area contributed by atoms with Crippen LogP contribution in [0, 0.1) is 12.8 Å². The molecule has 0 spiro atoms. The molecule has 4 rings (SSSR count). The van der Waals surface area contributed by atoms with Crippen molar-refractivity contribution in [3.8, 4) is 0 Å². The molecule has 0 aliphatic carbocycles. The lowest BCUT2D eigenvalue weighted by molar-refractivity contribution is -0.137. The Morgan fingerprint density at radius 3 is 2.28 bits per heavy atom. The second-order valence-electron chi connectivity index (χ2n) is 7.88. The third-order valence-electron chi connectivity index (χ3n) is 5.11. The Hall–Kier alpha value is -3.40. The Kier molecular flexibility index (Phi) is 4.93. The summed E-state index contributed by atoms with van der Waals surface area (Å²) in [5.41, 5.74) is 3.45. The van der Waals surface area contributed by atoms with Crippen molar-refractivity contribution >= 4 is 33.8 Å². The fourth-order valence-electron chi connectivity index (χ4n) is 3.68. The number of rotatable bonds is 5. The molecule has 1 heterocycles. The molecule has 3 aromatic carbocycles. The van der Waals surface area contributed by atoms with Crippen LogP contribution in [0.5, 0.6) is 0 Å². The third kappa shape index (κ3) is 3.54. The molecule has 0 bridgehead atoms. The van der Waals surface area contributed by atoms with Gasteiger partial charge in [0.1, 0.15) is 5.70 Å². The first kappa shape index (κ1) is 18.9. The van der Waals surface area contributed by atoms with Crippen molar-refractivity contribution in [1.29, 1.82) is 0 Å². The summed E-state index contributed by atoms with van der Waals surface area (Å²) in [7, 11) is 0. The minimum atomic E-state index is -0.271. The zero-order valence-electron chi connectivity index (χ0n) is 16.9. The topological polar surface area (TPSA) is 49.4 Å². The lowest BCUT2D eigenvalue weighted by Gasteiger charge is -2.17. The van der Waals surface area contributed by atoms with E-state index in [1.807, 2.05) is 87.5 Å². The predicted octanol–water partition coefficient (Wildman–Crippen LogP) is 5.00. The number of amides is 2. The molecule has 1 N–H and O–H groups in total. The van der Waals surface area contributed by atoms with Gasteiger partial charge in [-0.25, -0.2) is 0 Å². The highest BCUT2D eigenvalue weighted by atomic mass is 16.2. The maximum absolute atomic E-state index is 13.2. The molecule has 0 fully saturated rings. The van der Waals surface area contributed by atoms with E-state index in [4.69, 9.17) is 0 Å². The minimum absolute atomic E-state index is 0.194. The number of imide groups is 1. The van der Waals surface area contributed by atoms with Crippen LogP contribution < -0.4 is 5.32 Å². The van der Waals surface area contributed by atoms with Crippen molar-refractivity contribution < 1.29 is 9.59 Å². The number of hydrogen-bond donors (Lipinski definition) is 1. The standard InChI is InChI=1S/C25H24N2O2/c1-16(2)15-27-24(28)22(19-13-11-17(3)12-14-19)23(25(27)29)26-21-10-6-8-18-7-4-5-9-20(18)21/h4-14,16,26H,15H2,1-3H3. The van der Waals surface area contributed by atoms with Crippen LogP contribution in [0.1, 0.15) is 25.0 Å². The van der Waals surface area contributed by atoms with Crippen LogP contribution in [0.2, 0.25) is 0 Å². The molecule has 4 nitrogen and oxygen atoms in total. The second-order valence-corrected chi connectivity index (χ2v) is 7.88. The molecule has 0 atom stereocenters. The van der Waals surface area contributed by atoms with Crippen LogP contribution in [0.4, 0.5) is 5.69 Å². The summed E-state index contributed by atoms with van der Waals surface area (Å²) >= 11 is 0. The van der Waals surface area contributed by atoms with Gasteiger partial charge in [0.15, 0.2) is 0 Å². The Morgan fingerprint density at radius 2 is 1.55 bits per heavy atom. The van der Waals surface area contributed by atoms with Crippen molar-refractivity contribution in [2.24, 2.45) is 5.92 Å². The zero-order chi connectivity index (χ0) is 20.5. The Morgan fingerprint density at radius 1 is 0.862 bits per heavy atom. The highest BCUT2D eigenvalue weighted by Gasteiger charge is 2.39. The number of benzene rings is 3. The van der Waals surface area contributed by atoms with E-state index in [0.717, 1.165) is 27.6 Å². The molecule has 146 valence electrons. The smallest absolute Gasteiger partial charge is 0.278 e. The van der Waals surface area contributed by atoms with Crippen molar-refractivity contribution in [1.82, 2.24) is 4.90 Å². The lowest BCUT2D eigenvalue weighted by Crippen LogP contribution is -2.35. The van der Waals surface area contributed by atoms with Gasteiger partial charge >= 0.3 is 0 Å². The number of aryl methyl sites for hydroxylation is 1. The summed E-state index contributed by atoms with van der Waals surface area (Å²) in [6.07, 6.45) is 0. The van der Waals surface area contributed by atoms with Gasteiger partial charge < -0.3 is 5.32 Å². The van der Waals surface area contributed by atoms with E-state index in [0.29, 0.717) is 17.8 Å². The summed E-state index contributed by atoms with van der Waals surface area (Å²) in [6.45, 7) is 6.40. The fourth-order valence-corrected chi connectivity index (χ4v) is 3.68. The Balaban J connectivity index is 1.83. The van der Waals surface area contributed by atoms with E-state index < -0.39 is 0 Å². The number of fused-ring (bicyclic) bond motifs is 1. The third-order valence-corrected chi connectivity index (χ3v) is 5.11. The van der Waals surface area contributed by atoms with Gasteiger partial charge in [-0.05, 0) is 29.9 Å². The van der Waals surface area contributed by atoms with Crippen molar-refractivity contribution in [3.05, 3.63) is 83.6 Å². The second kappa shape index (κ2) is 7.55. The van der Waals surface area contributed by atoms with Crippen molar-refractivity contribution in [3.63, 3.8) is 0 Å². The quantitative estimate of drug-likeness (QED) is 0.630. The molecule has 1 aliphatic heterocycles. The Bertz CT molecular complexity index is 1120. The molecule has 1 aliphatic rings. The highest BCUT2D eigenvalue weighted by Crippen LogP contribution is 2.33. The predicted molar refractivity (Wildman–Crippen MR) is 117 cm³/mol. The number of carbonyl (C=O) groups excluding carboxylic acids is 2. The van der Waals surface area contributed by atoms with Gasteiger partial charge in [0, 0.05) is 17.6 Å². The van der Waals surface area contributed by atoms with Crippen molar-refractivity contribution in [2.75, 3.05) is 11.9 Å². The molecule has 0 saturated heterocycles. The Labute approximate surface area is 170 Å². The molecule has 0 aromatic heterocycles. The van der Waals surface area contributed by atoms with Crippen LogP contribution in [-0.4, -0.2) is 23.3 Å². The maximum Gasteiger partial charge on any atom is 0.278 e. The van der Waals surface area contributed by atoms with Gasteiger partial charge in [-0.2, -0.15) is 0 Å². The van der Waals surface area contributed by atoms with Crippen LogP contribution in [0.3, 0.4) is 0 Å². The van der Waals surface area contributed by atoms with Crippen LogP contribution in [0.25, 0.3) is 16.3 Å². The molecular formula is C25H24N2O2. The maximum atomic E-state index is 13.2. The van der Waals surface area contributed by atoms with Gasteiger partial charge in [0.25, 0.3) is 11.8 Å². The van der Waals surface area contributed by atoms with E-state index in [-0.39, 0.29) is 17.7 Å². The van der Waals surface area contributed by atoms with E-state index >= 15 is 0 Å². The molecule has 3 aromatic rings. The summed E-state index contributed by atoms with van der Waals surface area (Å²) in [5.74, 6) is -0.318. The molecular weight excluding hydrogens is 360 g/mol. The lowest BCUT2D eigenvalue weighted by atomic mass is 10.0. The fraction of sp³-hybridized carbons (Fsp3) is 0.200.